The van der Waals surface area contributed by atoms with E-state index in [0.29, 0.717) is 6.07 Å². The number of aromatic amines is 2. The Morgan fingerprint density at radius 1 is 0.789 bits per heavy atom. The number of halogens is 6. The fourth-order valence-electron chi connectivity index (χ4n) is 3.31. The smallest absolute Gasteiger partial charge is 0.416 e. The summed E-state index contributed by atoms with van der Waals surface area (Å²) in [6.45, 7) is 1.63. The Morgan fingerprint density at radius 2 is 1.21 bits per heavy atom. The molecule has 0 fully saturated rings. The maximum Gasteiger partial charge on any atom is 0.416 e. The molecule has 4 aromatic rings. The minimum absolute atomic E-state index is 0.0684. The first-order valence-corrected chi connectivity index (χ1v) is 10.5. The highest BCUT2D eigenvalue weighted by atomic mass is 19.4. The SMILES string of the molecule is CCOC(=O)c1c[nH]c2ccc(C(F)(F)F)cc2c1=O.O=C(O)c1c[nH]c2ccc(C(F)(F)F)cc2c1=O. The molecule has 0 amide bonds. The van der Waals surface area contributed by atoms with E-state index in [1.165, 1.54) is 0 Å². The number of rotatable bonds is 3. The van der Waals surface area contributed by atoms with Crippen molar-refractivity contribution in [3.05, 3.63) is 91.5 Å². The number of benzene rings is 2. The molecule has 4 rings (SSSR count). The molecular formula is C24H16F6N2O6. The van der Waals surface area contributed by atoms with Gasteiger partial charge < -0.3 is 19.8 Å². The lowest BCUT2D eigenvalue weighted by Gasteiger charge is -2.08. The fourth-order valence-corrected chi connectivity index (χ4v) is 3.31. The van der Waals surface area contributed by atoms with Gasteiger partial charge in [0, 0.05) is 34.2 Å². The molecular weight excluding hydrogens is 526 g/mol. The van der Waals surface area contributed by atoms with E-state index in [1.807, 2.05) is 0 Å². The van der Waals surface area contributed by atoms with Crippen LogP contribution in [-0.2, 0) is 17.1 Å². The second kappa shape index (κ2) is 10.4. The average Bonchev–Trinajstić information content (AvgIpc) is 2.83. The molecule has 0 bridgehead atoms. The average molecular weight is 542 g/mol. The van der Waals surface area contributed by atoms with Crippen LogP contribution in [0.2, 0.25) is 0 Å². The predicted molar refractivity (Wildman–Crippen MR) is 122 cm³/mol. The van der Waals surface area contributed by atoms with Gasteiger partial charge in [-0.1, -0.05) is 0 Å². The number of H-pyrrole nitrogens is 2. The van der Waals surface area contributed by atoms with E-state index in [1.54, 1.807) is 6.92 Å². The Morgan fingerprint density at radius 3 is 1.61 bits per heavy atom. The molecule has 0 saturated heterocycles. The molecule has 38 heavy (non-hydrogen) atoms. The van der Waals surface area contributed by atoms with Crippen LogP contribution in [0.4, 0.5) is 26.3 Å². The molecule has 2 heterocycles. The maximum absolute atomic E-state index is 12.6. The highest BCUT2D eigenvalue weighted by molar-refractivity contribution is 5.94. The molecule has 0 radical (unpaired) electrons. The van der Waals surface area contributed by atoms with Gasteiger partial charge in [0.2, 0.25) is 10.9 Å². The van der Waals surface area contributed by atoms with Crippen LogP contribution in [0.3, 0.4) is 0 Å². The third kappa shape index (κ3) is 5.85. The first-order valence-electron chi connectivity index (χ1n) is 10.5. The summed E-state index contributed by atoms with van der Waals surface area (Å²) in [5, 5.41) is 8.21. The van der Waals surface area contributed by atoms with Gasteiger partial charge in [-0.15, -0.1) is 0 Å². The number of pyridine rings is 2. The van der Waals surface area contributed by atoms with Gasteiger partial charge in [-0.25, -0.2) is 9.59 Å². The number of ether oxygens (including phenoxy) is 1. The number of hydrogen-bond acceptors (Lipinski definition) is 5. The topological polar surface area (TPSA) is 129 Å². The second-order valence-corrected chi connectivity index (χ2v) is 7.60. The normalized spacial score (nSPS) is 11.7. The van der Waals surface area contributed by atoms with Gasteiger partial charge in [-0.3, -0.25) is 9.59 Å². The number of carbonyl (C=O) groups excluding carboxylic acids is 1. The van der Waals surface area contributed by atoms with Gasteiger partial charge >= 0.3 is 24.3 Å². The molecule has 0 spiro atoms. The molecule has 200 valence electrons. The van der Waals surface area contributed by atoms with Crippen molar-refractivity contribution in [2.75, 3.05) is 6.61 Å². The zero-order valence-electron chi connectivity index (χ0n) is 19.1. The largest absolute Gasteiger partial charge is 0.477 e. The third-order valence-corrected chi connectivity index (χ3v) is 5.14. The Hall–Kier alpha value is -4.62. The quantitative estimate of drug-likeness (QED) is 0.248. The van der Waals surface area contributed by atoms with E-state index in [0.717, 1.165) is 42.7 Å². The molecule has 8 nitrogen and oxygen atoms in total. The second-order valence-electron chi connectivity index (χ2n) is 7.60. The highest BCUT2D eigenvalue weighted by Gasteiger charge is 2.32. The number of hydrogen-bond donors (Lipinski definition) is 3. The molecule has 0 aliphatic heterocycles. The summed E-state index contributed by atoms with van der Waals surface area (Å²) in [6.07, 6.45) is -7.05. The molecule has 0 unspecified atom stereocenters. The Balaban J connectivity index is 0.000000212. The first kappa shape index (κ1) is 28.0. The summed E-state index contributed by atoms with van der Waals surface area (Å²) in [6, 6.07) is 5.28. The predicted octanol–water partition coefficient (Wildman–Crippen LogP) is 4.97. The number of carboxylic acids is 1. The molecule has 0 saturated carbocycles. The molecule has 14 heteroatoms. The number of nitrogens with one attached hydrogen (secondary N) is 2. The fraction of sp³-hybridized carbons (Fsp3) is 0.167. The third-order valence-electron chi connectivity index (χ3n) is 5.14. The first-order chi connectivity index (χ1) is 17.6. The molecule has 2 aromatic heterocycles. The van der Waals surface area contributed by atoms with Crippen LogP contribution in [0.1, 0.15) is 38.8 Å². The highest BCUT2D eigenvalue weighted by Crippen LogP contribution is 2.31. The Labute approximate surface area is 207 Å². The van der Waals surface area contributed by atoms with Crippen molar-refractivity contribution in [1.82, 2.24) is 9.97 Å². The standard InChI is InChI=1S/C13H10F3NO3.C11H6F3NO3/c1-2-20-12(19)9-6-17-10-4-3-7(13(14,15)16)5-8(10)11(9)18;12-11(13,14)5-1-2-8-6(3-5)9(16)7(4-15-8)10(17)18/h3-6H,2H2,1H3,(H,17,18);1-4H,(H,15,16)(H,17,18). The van der Waals surface area contributed by atoms with Crippen molar-refractivity contribution in [3.8, 4) is 0 Å². The zero-order valence-corrected chi connectivity index (χ0v) is 19.1. The summed E-state index contributed by atoms with van der Waals surface area (Å²) in [4.78, 5) is 51.0. The van der Waals surface area contributed by atoms with Crippen molar-refractivity contribution in [3.63, 3.8) is 0 Å². The van der Waals surface area contributed by atoms with Crippen molar-refractivity contribution >= 4 is 33.7 Å². The van der Waals surface area contributed by atoms with Gasteiger partial charge in [0.25, 0.3) is 0 Å². The number of aromatic carboxylic acids is 1. The van der Waals surface area contributed by atoms with Gasteiger partial charge in [-0.05, 0) is 43.3 Å². The Kier molecular flexibility index (Phi) is 7.65. The lowest BCUT2D eigenvalue weighted by molar-refractivity contribution is -0.138. The number of carboxylic acid groups (broad SMARTS) is 1. The molecule has 0 atom stereocenters. The minimum atomic E-state index is -4.58. The number of esters is 1. The Bertz CT molecular complexity index is 1650. The zero-order chi connectivity index (χ0) is 28.4. The van der Waals surface area contributed by atoms with Gasteiger partial charge in [0.05, 0.1) is 17.7 Å². The molecule has 0 aliphatic rings. The van der Waals surface area contributed by atoms with Gasteiger partial charge in [0.15, 0.2) is 0 Å². The van der Waals surface area contributed by atoms with Crippen LogP contribution in [0.5, 0.6) is 0 Å². The minimum Gasteiger partial charge on any atom is -0.477 e. The van der Waals surface area contributed by atoms with Gasteiger partial charge in [0.1, 0.15) is 11.1 Å². The van der Waals surface area contributed by atoms with Crippen LogP contribution in [0.25, 0.3) is 21.8 Å². The van der Waals surface area contributed by atoms with Crippen LogP contribution < -0.4 is 10.9 Å². The van der Waals surface area contributed by atoms with Crippen LogP contribution in [0, 0.1) is 0 Å². The molecule has 2 aromatic carbocycles. The van der Waals surface area contributed by atoms with E-state index in [2.05, 4.69) is 14.7 Å². The number of aromatic nitrogens is 2. The number of alkyl halides is 6. The summed E-state index contributed by atoms with van der Waals surface area (Å²) < 4.78 is 80.0. The van der Waals surface area contributed by atoms with Crippen LogP contribution in [-0.4, -0.2) is 33.6 Å². The van der Waals surface area contributed by atoms with E-state index >= 15 is 0 Å². The van der Waals surface area contributed by atoms with Gasteiger partial charge in [-0.2, -0.15) is 26.3 Å². The lowest BCUT2D eigenvalue weighted by Crippen LogP contribution is -2.18. The monoisotopic (exact) mass is 542 g/mol. The summed E-state index contributed by atoms with van der Waals surface area (Å²) >= 11 is 0. The number of carbonyl (C=O) groups is 2. The van der Waals surface area contributed by atoms with Crippen molar-refractivity contribution in [2.45, 2.75) is 19.3 Å². The van der Waals surface area contributed by atoms with Crippen molar-refractivity contribution in [2.24, 2.45) is 0 Å². The molecule has 3 N–H and O–H groups in total. The van der Waals surface area contributed by atoms with E-state index in [4.69, 9.17) is 5.11 Å². The lowest BCUT2D eigenvalue weighted by atomic mass is 10.1. The van der Waals surface area contributed by atoms with Crippen molar-refractivity contribution < 1.29 is 45.8 Å². The summed E-state index contributed by atoms with van der Waals surface area (Å²) in [5.41, 5.74) is -4.22. The number of fused-ring (bicyclic) bond motifs is 2. The van der Waals surface area contributed by atoms with Crippen LogP contribution in [0.15, 0.2) is 58.4 Å². The summed E-state index contributed by atoms with van der Waals surface area (Å²) in [7, 11) is 0. The van der Waals surface area contributed by atoms with Crippen LogP contribution >= 0.6 is 0 Å². The molecule has 0 aliphatic carbocycles. The van der Waals surface area contributed by atoms with E-state index in [-0.39, 0.29) is 34.0 Å². The van der Waals surface area contributed by atoms with E-state index in [9.17, 15) is 45.5 Å². The van der Waals surface area contributed by atoms with E-state index < -0.39 is 51.8 Å². The van der Waals surface area contributed by atoms with Crippen molar-refractivity contribution in [1.29, 1.82) is 0 Å². The maximum atomic E-state index is 12.6. The summed E-state index contributed by atoms with van der Waals surface area (Å²) in [5.74, 6) is -2.36.